The number of ether oxygens (including phenoxy) is 1. The fourth-order valence-electron chi connectivity index (χ4n) is 2.48. The van der Waals surface area contributed by atoms with Gasteiger partial charge < -0.3 is 4.74 Å². The third-order valence-electron chi connectivity index (χ3n) is 2.99. The van der Waals surface area contributed by atoms with Gasteiger partial charge in [0.2, 0.25) is 0 Å². The zero-order chi connectivity index (χ0) is 14.9. The standard InChI is InChI=1S/C12H25ClN2O3S/c1-11(2)9-15(10-12(3,4)18-11)19(16,17)14(5)8-6-7-13/h6-10H2,1-5H3. The molecule has 1 saturated heterocycles. The molecule has 0 unspecified atom stereocenters. The number of morpholine rings is 1. The van der Waals surface area contributed by atoms with E-state index in [1.807, 2.05) is 27.7 Å². The van der Waals surface area contributed by atoms with E-state index in [-0.39, 0.29) is 0 Å². The topological polar surface area (TPSA) is 49.9 Å². The smallest absolute Gasteiger partial charge is 0.281 e. The largest absolute Gasteiger partial charge is 0.367 e. The number of nitrogens with zero attached hydrogens (tertiary/aromatic N) is 2. The van der Waals surface area contributed by atoms with Crippen molar-refractivity contribution in [3.05, 3.63) is 0 Å². The molecule has 0 bridgehead atoms. The zero-order valence-electron chi connectivity index (χ0n) is 12.4. The second-order valence-corrected chi connectivity index (χ2v) is 8.67. The summed E-state index contributed by atoms with van der Waals surface area (Å²) in [7, 11) is -1.85. The highest BCUT2D eigenvalue weighted by Gasteiger charge is 2.43. The third kappa shape index (κ3) is 4.56. The van der Waals surface area contributed by atoms with E-state index in [2.05, 4.69) is 0 Å². The van der Waals surface area contributed by atoms with Crippen LogP contribution in [0.2, 0.25) is 0 Å². The maximum Gasteiger partial charge on any atom is 0.281 e. The molecule has 5 nitrogen and oxygen atoms in total. The average molecular weight is 313 g/mol. The molecule has 1 aliphatic heterocycles. The molecule has 0 aliphatic carbocycles. The minimum absolute atomic E-state index is 0.365. The van der Waals surface area contributed by atoms with Gasteiger partial charge in [-0.05, 0) is 34.1 Å². The van der Waals surface area contributed by atoms with Gasteiger partial charge in [0.05, 0.1) is 11.2 Å². The van der Waals surface area contributed by atoms with Crippen LogP contribution in [-0.4, -0.2) is 60.8 Å². The van der Waals surface area contributed by atoms with E-state index in [0.29, 0.717) is 31.9 Å². The number of rotatable bonds is 5. The molecule has 1 fully saturated rings. The van der Waals surface area contributed by atoms with Gasteiger partial charge in [-0.25, -0.2) is 0 Å². The van der Waals surface area contributed by atoms with Crippen molar-refractivity contribution in [3.8, 4) is 0 Å². The van der Waals surface area contributed by atoms with Gasteiger partial charge in [-0.1, -0.05) is 0 Å². The summed E-state index contributed by atoms with van der Waals surface area (Å²) < 4.78 is 33.8. The predicted molar refractivity (Wildman–Crippen MR) is 77.7 cm³/mol. The first-order chi connectivity index (χ1) is 8.50. The maximum atomic E-state index is 12.5. The Labute approximate surface area is 122 Å². The first-order valence-electron chi connectivity index (χ1n) is 6.48. The average Bonchev–Trinajstić information content (AvgIpc) is 2.21. The van der Waals surface area contributed by atoms with E-state index >= 15 is 0 Å². The van der Waals surface area contributed by atoms with Crippen molar-refractivity contribution in [3.63, 3.8) is 0 Å². The minimum Gasteiger partial charge on any atom is -0.367 e. The lowest BCUT2D eigenvalue weighted by Crippen LogP contribution is -2.60. The Morgan fingerprint density at radius 2 is 1.68 bits per heavy atom. The second-order valence-electron chi connectivity index (χ2n) is 6.26. The maximum absolute atomic E-state index is 12.5. The Hall–Kier alpha value is 0.120. The van der Waals surface area contributed by atoms with Crippen molar-refractivity contribution in [1.82, 2.24) is 8.61 Å². The molecule has 0 aromatic rings. The highest BCUT2D eigenvalue weighted by molar-refractivity contribution is 7.86. The van der Waals surface area contributed by atoms with Crippen molar-refractivity contribution in [1.29, 1.82) is 0 Å². The van der Waals surface area contributed by atoms with Crippen molar-refractivity contribution in [2.75, 3.05) is 32.6 Å². The van der Waals surface area contributed by atoms with Crippen molar-refractivity contribution >= 4 is 21.8 Å². The number of hydrogen-bond donors (Lipinski definition) is 0. The SMILES string of the molecule is CN(CCCCl)S(=O)(=O)N1CC(C)(C)OC(C)(C)C1. The normalized spacial score (nSPS) is 23.7. The molecule has 19 heavy (non-hydrogen) atoms. The minimum atomic E-state index is -3.45. The van der Waals surface area contributed by atoms with E-state index in [1.54, 1.807) is 7.05 Å². The van der Waals surface area contributed by atoms with Crippen molar-refractivity contribution < 1.29 is 13.2 Å². The first kappa shape index (κ1) is 17.2. The monoisotopic (exact) mass is 312 g/mol. The van der Waals surface area contributed by atoms with Gasteiger partial charge in [0.15, 0.2) is 0 Å². The summed E-state index contributed by atoms with van der Waals surface area (Å²) in [5, 5.41) is 0. The summed E-state index contributed by atoms with van der Waals surface area (Å²) in [6.07, 6.45) is 0.647. The third-order valence-corrected chi connectivity index (χ3v) is 5.14. The van der Waals surface area contributed by atoms with Crippen LogP contribution in [0.4, 0.5) is 0 Å². The summed E-state index contributed by atoms with van der Waals surface area (Å²) >= 11 is 5.62. The molecule has 0 atom stereocenters. The zero-order valence-corrected chi connectivity index (χ0v) is 14.0. The van der Waals surface area contributed by atoms with Crippen LogP contribution in [0.5, 0.6) is 0 Å². The van der Waals surface area contributed by atoms with Gasteiger partial charge in [-0.2, -0.15) is 17.0 Å². The highest BCUT2D eigenvalue weighted by atomic mass is 35.5. The Morgan fingerprint density at radius 1 is 1.21 bits per heavy atom. The molecule has 0 radical (unpaired) electrons. The molecule has 0 amide bonds. The van der Waals surface area contributed by atoms with Gasteiger partial charge in [-0.3, -0.25) is 0 Å². The summed E-state index contributed by atoms with van der Waals surface area (Å²) in [6, 6.07) is 0. The van der Waals surface area contributed by atoms with E-state index in [1.165, 1.54) is 8.61 Å². The second kappa shape index (κ2) is 5.85. The molecule has 0 aromatic heterocycles. The molecule has 0 N–H and O–H groups in total. The van der Waals surface area contributed by atoms with Crippen LogP contribution in [0.3, 0.4) is 0 Å². The fourth-order valence-corrected chi connectivity index (χ4v) is 4.30. The number of hydrogen-bond acceptors (Lipinski definition) is 3. The first-order valence-corrected chi connectivity index (χ1v) is 8.41. The molecule has 0 aromatic carbocycles. The Bertz CT molecular complexity index is 393. The van der Waals surface area contributed by atoms with Crippen LogP contribution >= 0.6 is 11.6 Å². The van der Waals surface area contributed by atoms with Crippen molar-refractivity contribution in [2.45, 2.75) is 45.3 Å². The van der Waals surface area contributed by atoms with E-state index in [0.717, 1.165) is 0 Å². The van der Waals surface area contributed by atoms with Gasteiger partial charge in [0.1, 0.15) is 0 Å². The molecule has 1 heterocycles. The lowest BCUT2D eigenvalue weighted by molar-refractivity contribution is -0.164. The van der Waals surface area contributed by atoms with Crippen molar-refractivity contribution in [2.24, 2.45) is 0 Å². The van der Waals surface area contributed by atoms with Gasteiger partial charge in [0, 0.05) is 32.6 Å². The fraction of sp³-hybridized carbons (Fsp3) is 1.00. The van der Waals surface area contributed by atoms with Gasteiger partial charge in [0.25, 0.3) is 10.2 Å². The predicted octanol–water partition coefficient (Wildman–Crippen LogP) is 1.68. The summed E-state index contributed by atoms with van der Waals surface area (Å²) in [5.41, 5.74) is -0.968. The summed E-state index contributed by atoms with van der Waals surface area (Å²) in [6.45, 7) is 8.81. The Morgan fingerprint density at radius 3 is 2.11 bits per heavy atom. The Balaban J connectivity index is 2.88. The molecular weight excluding hydrogens is 288 g/mol. The number of alkyl halides is 1. The van der Waals surface area contributed by atoms with Crippen LogP contribution in [0.15, 0.2) is 0 Å². The quantitative estimate of drug-likeness (QED) is 0.726. The van der Waals surface area contributed by atoms with Crippen LogP contribution < -0.4 is 0 Å². The molecule has 114 valence electrons. The van der Waals surface area contributed by atoms with Gasteiger partial charge >= 0.3 is 0 Å². The number of halogens is 1. The molecule has 1 rings (SSSR count). The van der Waals surface area contributed by atoms with Crippen LogP contribution in [0.1, 0.15) is 34.1 Å². The van der Waals surface area contributed by atoms with E-state index in [4.69, 9.17) is 16.3 Å². The molecule has 0 saturated carbocycles. The lowest BCUT2D eigenvalue weighted by Gasteiger charge is -2.47. The summed E-state index contributed by atoms with van der Waals surface area (Å²) in [5.74, 6) is 0.458. The molecule has 0 spiro atoms. The van der Waals surface area contributed by atoms with E-state index in [9.17, 15) is 8.42 Å². The molecular formula is C12H25ClN2O3S. The van der Waals surface area contributed by atoms with Crippen LogP contribution in [-0.2, 0) is 14.9 Å². The highest BCUT2D eigenvalue weighted by Crippen LogP contribution is 2.30. The lowest BCUT2D eigenvalue weighted by atomic mass is 10.0. The molecule has 1 aliphatic rings. The summed E-state index contributed by atoms with van der Waals surface area (Å²) in [4.78, 5) is 0. The van der Waals surface area contributed by atoms with Gasteiger partial charge in [-0.15, -0.1) is 11.6 Å². The Kier molecular flexibility index (Phi) is 5.29. The van der Waals surface area contributed by atoms with E-state index < -0.39 is 21.4 Å². The van der Waals surface area contributed by atoms with Crippen LogP contribution in [0.25, 0.3) is 0 Å². The van der Waals surface area contributed by atoms with Crippen LogP contribution in [0, 0.1) is 0 Å². The molecule has 7 heteroatoms.